The quantitative estimate of drug-likeness (QED) is 0.856. The van der Waals surface area contributed by atoms with Gasteiger partial charge in [-0.1, -0.05) is 18.2 Å². The maximum Gasteiger partial charge on any atom is 0.160 e. The third-order valence-electron chi connectivity index (χ3n) is 5.03. The van der Waals surface area contributed by atoms with Crippen LogP contribution in [0.3, 0.4) is 0 Å². The lowest BCUT2D eigenvalue weighted by atomic mass is 10.0. The largest absolute Gasteiger partial charge is 0.392 e. The Kier molecular flexibility index (Phi) is 8.36. The van der Waals surface area contributed by atoms with Gasteiger partial charge in [-0.15, -0.1) is 0 Å². The van der Waals surface area contributed by atoms with Gasteiger partial charge in [-0.3, -0.25) is 9.97 Å². The Bertz CT molecular complexity index is 683. The highest BCUT2D eigenvalue weighted by molar-refractivity contribution is 5.64. The van der Waals surface area contributed by atoms with Gasteiger partial charge in [0.25, 0.3) is 0 Å². The summed E-state index contributed by atoms with van der Waals surface area (Å²) in [7, 11) is 0. The van der Waals surface area contributed by atoms with Crippen molar-refractivity contribution in [2.45, 2.75) is 64.6 Å². The number of rotatable bonds is 4. The lowest BCUT2D eigenvalue weighted by Gasteiger charge is -2.29. The molecule has 152 valence electrons. The number of aromatic nitrogens is 2. The molecule has 2 aliphatic heterocycles. The SMILES string of the molecule is C1CCC(OC2CCCCO2)OC1.Cc1c(CO)cccc1-c1cnccn1. The van der Waals surface area contributed by atoms with Gasteiger partial charge in [0, 0.05) is 31.2 Å². The van der Waals surface area contributed by atoms with Gasteiger partial charge in [-0.05, 0) is 56.6 Å². The number of hydrogen-bond donors (Lipinski definition) is 1. The minimum atomic E-state index is -0.00292. The molecule has 0 radical (unpaired) electrons. The third-order valence-corrected chi connectivity index (χ3v) is 5.03. The van der Waals surface area contributed by atoms with Gasteiger partial charge in [0.2, 0.25) is 0 Å². The Hall–Kier alpha value is -1.86. The van der Waals surface area contributed by atoms with E-state index in [2.05, 4.69) is 9.97 Å². The van der Waals surface area contributed by atoms with Crippen LogP contribution in [-0.2, 0) is 20.8 Å². The highest BCUT2D eigenvalue weighted by Gasteiger charge is 2.21. The Morgan fingerprint density at radius 1 is 1.04 bits per heavy atom. The van der Waals surface area contributed by atoms with E-state index in [0.29, 0.717) is 0 Å². The van der Waals surface area contributed by atoms with Crippen LogP contribution < -0.4 is 0 Å². The van der Waals surface area contributed by atoms with E-state index in [0.717, 1.165) is 48.4 Å². The van der Waals surface area contributed by atoms with Crippen LogP contribution in [0.15, 0.2) is 36.8 Å². The number of aliphatic hydroxyl groups excluding tert-OH is 1. The third kappa shape index (κ3) is 6.07. The Balaban J connectivity index is 0.000000162. The van der Waals surface area contributed by atoms with Crippen molar-refractivity contribution in [3.05, 3.63) is 47.9 Å². The molecule has 0 spiro atoms. The second-order valence-corrected chi connectivity index (χ2v) is 7.07. The van der Waals surface area contributed by atoms with E-state index in [9.17, 15) is 0 Å². The number of aliphatic hydroxyl groups is 1. The molecular weight excluding hydrogens is 356 g/mol. The zero-order valence-electron chi connectivity index (χ0n) is 16.5. The molecule has 2 aliphatic rings. The van der Waals surface area contributed by atoms with Crippen LogP contribution in [0.5, 0.6) is 0 Å². The van der Waals surface area contributed by atoms with E-state index in [1.807, 2.05) is 25.1 Å². The molecule has 2 saturated heterocycles. The Morgan fingerprint density at radius 3 is 2.29 bits per heavy atom. The first kappa shape index (κ1) is 20.9. The minimum Gasteiger partial charge on any atom is -0.392 e. The molecule has 6 heteroatoms. The predicted octanol–water partition coefficient (Wildman–Crippen LogP) is 4.00. The zero-order chi connectivity index (χ0) is 19.6. The fourth-order valence-corrected chi connectivity index (χ4v) is 3.38. The van der Waals surface area contributed by atoms with Crippen LogP contribution in [0, 0.1) is 6.92 Å². The number of benzene rings is 1. The van der Waals surface area contributed by atoms with E-state index in [1.54, 1.807) is 18.6 Å². The highest BCUT2D eigenvalue weighted by Crippen LogP contribution is 2.23. The highest BCUT2D eigenvalue weighted by atomic mass is 16.8. The average molecular weight is 386 g/mol. The van der Waals surface area contributed by atoms with Crippen LogP contribution in [0.1, 0.15) is 49.7 Å². The van der Waals surface area contributed by atoms with Gasteiger partial charge < -0.3 is 19.3 Å². The van der Waals surface area contributed by atoms with Crippen LogP contribution in [-0.4, -0.2) is 40.9 Å². The summed E-state index contributed by atoms with van der Waals surface area (Å²) in [5.74, 6) is 0. The van der Waals surface area contributed by atoms with E-state index >= 15 is 0 Å². The maximum absolute atomic E-state index is 9.15. The van der Waals surface area contributed by atoms with Gasteiger partial charge in [0.05, 0.1) is 18.5 Å². The summed E-state index contributed by atoms with van der Waals surface area (Å²) in [5, 5.41) is 9.15. The van der Waals surface area contributed by atoms with Crippen LogP contribution in [0.25, 0.3) is 11.3 Å². The summed E-state index contributed by atoms with van der Waals surface area (Å²) >= 11 is 0. The zero-order valence-corrected chi connectivity index (χ0v) is 16.5. The first-order valence-corrected chi connectivity index (χ1v) is 10.1. The number of hydrogen-bond acceptors (Lipinski definition) is 6. The van der Waals surface area contributed by atoms with Crippen molar-refractivity contribution in [1.29, 1.82) is 0 Å². The van der Waals surface area contributed by atoms with Crippen molar-refractivity contribution >= 4 is 0 Å². The fourth-order valence-electron chi connectivity index (χ4n) is 3.38. The van der Waals surface area contributed by atoms with E-state index < -0.39 is 0 Å². The van der Waals surface area contributed by atoms with Crippen molar-refractivity contribution in [2.75, 3.05) is 13.2 Å². The average Bonchev–Trinajstić information content (AvgIpc) is 2.76. The predicted molar refractivity (Wildman–Crippen MR) is 106 cm³/mol. The normalized spacial score (nSPS) is 22.2. The summed E-state index contributed by atoms with van der Waals surface area (Å²) in [6, 6.07) is 5.82. The summed E-state index contributed by atoms with van der Waals surface area (Å²) in [5.41, 5.74) is 3.85. The number of ether oxygens (including phenoxy) is 3. The molecule has 0 aliphatic carbocycles. The Labute approximate surface area is 166 Å². The molecule has 4 rings (SSSR count). The van der Waals surface area contributed by atoms with Crippen LogP contribution in [0.4, 0.5) is 0 Å². The summed E-state index contributed by atoms with van der Waals surface area (Å²) in [6.45, 7) is 3.73. The van der Waals surface area contributed by atoms with E-state index in [4.69, 9.17) is 19.3 Å². The summed E-state index contributed by atoms with van der Waals surface area (Å²) in [6.07, 6.45) is 11.9. The fraction of sp³-hybridized carbons (Fsp3) is 0.545. The van der Waals surface area contributed by atoms with E-state index in [1.165, 1.54) is 25.7 Å². The monoisotopic (exact) mass is 386 g/mol. The minimum absolute atomic E-state index is 0.00292. The molecular formula is C22H30N2O4. The lowest BCUT2D eigenvalue weighted by molar-refractivity contribution is -0.264. The molecule has 0 bridgehead atoms. The van der Waals surface area contributed by atoms with Gasteiger partial charge in [0.1, 0.15) is 0 Å². The van der Waals surface area contributed by atoms with Gasteiger partial charge in [-0.2, -0.15) is 0 Å². The topological polar surface area (TPSA) is 73.7 Å². The summed E-state index contributed by atoms with van der Waals surface area (Å²) < 4.78 is 16.6. The molecule has 1 aromatic heterocycles. The molecule has 2 atom stereocenters. The van der Waals surface area contributed by atoms with Crippen molar-refractivity contribution in [2.24, 2.45) is 0 Å². The van der Waals surface area contributed by atoms with Crippen molar-refractivity contribution in [3.8, 4) is 11.3 Å². The van der Waals surface area contributed by atoms with Crippen molar-refractivity contribution in [1.82, 2.24) is 9.97 Å². The van der Waals surface area contributed by atoms with Gasteiger partial charge in [-0.25, -0.2) is 0 Å². The smallest absolute Gasteiger partial charge is 0.160 e. The Morgan fingerprint density at radius 2 is 1.75 bits per heavy atom. The van der Waals surface area contributed by atoms with Gasteiger partial charge >= 0.3 is 0 Å². The number of nitrogens with zero attached hydrogens (tertiary/aromatic N) is 2. The molecule has 6 nitrogen and oxygen atoms in total. The molecule has 1 N–H and O–H groups in total. The molecule has 2 fully saturated rings. The van der Waals surface area contributed by atoms with E-state index in [-0.39, 0.29) is 19.2 Å². The maximum atomic E-state index is 9.15. The molecule has 0 saturated carbocycles. The molecule has 28 heavy (non-hydrogen) atoms. The van der Waals surface area contributed by atoms with Crippen molar-refractivity contribution in [3.63, 3.8) is 0 Å². The molecule has 1 aromatic carbocycles. The van der Waals surface area contributed by atoms with Crippen LogP contribution >= 0.6 is 0 Å². The first-order chi connectivity index (χ1) is 13.8. The lowest BCUT2D eigenvalue weighted by Crippen LogP contribution is -2.31. The van der Waals surface area contributed by atoms with Crippen LogP contribution in [0.2, 0.25) is 0 Å². The second-order valence-electron chi connectivity index (χ2n) is 7.07. The van der Waals surface area contributed by atoms with Gasteiger partial charge in [0.15, 0.2) is 12.6 Å². The molecule has 2 aromatic rings. The first-order valence-electron chi connectivity index (χ1n) is 10.1. The van der Waals surface area contributed by atoms with Crippen molar-refractivity contribution < 1.29 is 19.3 Å². The molecule has 2 unspecified atom stereocenters. The second kappa shape index (κ2) is 11.2. The standard InChI is InChI=1S/C12H12N2O.C10H18O3/c1-9-10(8-15)3-2-4-11(9)12-7-13-5-6-14-12;1-3-7-11-9(5-1)13-10-6-2-4-8-12-10/h2-7,15H,8H2,1H3;9-10H,1-8H2. The summed E-state index contributed by atoms with van der Waals surface area (Å²) in [4.78, 5) is 8.27. The molecule has 0 amide bonds. The molecule has 3 heterocycles.